The predicted octanol–water partition coefficient (Wildman–Crippen LogP) is 1.26. The minimum absolute atomic E-state index is 0.0200. The minimum atomic E-state index is -3.02. The van der Waals surface area contributed by atoms with Crippen molar-refractivity contribution in [2.24, 2.45) is 0 Å². The average Bonchev–Trinajstić information content (AvgIpc) is 2.79. The maximum absolute atomic E-state index is 11.7. The van der Waals surface area contributed by atoms with E-state index < -0.39 is 15.9 Å². The molecule has 1 aliphatic rings. The molecule has 0 aliphatic carbocycles. The number of aryl methyl sites for hydroxylation is 1. The zero-order valence-electron chi connectivity index (χ0n) is 10.8. The number of ether oxygens (including phenoxy) is 1. The molecule has 1 aliphatic heterocycles. The van der Waals surface area contributed by atoms with Gasteiger partial charge in [0.1, 0.15) is 0 Å². The molecule has 0 spiro atoms. The summed E-state index contributed by atoms with van der Waals surface area (Å²) in [6.45, 7) is 0.444. The van der Waals surface area contributed by atoms with E-state index >= 15 is 0 Å². The van der Waals surface area contributed by atoms with Crippen LogP contribution in [-0.2, 0) is 25.8 Å². The quantitative estimate of drug-likeness (QED) is 0.878. The minimum Gasteiger partial charge on any atom is -0.374 e. The molecule has 1 unspecified atom stereocenters. The van der Waals surface area contributed by atoms with E-state index in [0.29, 0.717) is 17.9 Å². The van der Waals surface area contributed by atoms with Gasteiger partial charge in [0.15, 0.2) is 9.84 Å². The summed E-state index contributed by atoms with van der Waals surface area (Å²) in [5.74, 6) is -0.0641. The number of halogens is 1. The van der Waals surface area contributed by atoms with Crippen LogP contribution in [0.2, 0.25) is 5.02 Å². The van der Waals surface area contributed by atoms with Crippen LogP contribution in [-0.4, -0.2) is 45.1 Å². The molecule has 0 aromatic carbocycles. The summed E-state index contributed by atoms with van der Waals surface area (Å²) in [5.41, 5.74) is 0. The number of sulfone groups is 1. The van der Waals surface area contributed by atoms with Crippen molar-refractivity contribution < 1.29 is 17.9 Å². The van der Waals surface area contributed by atoms with Crippen molar-refractivity contribution in [1.82, 2.24) is 5.32 Å². The van der Waals surface area contributed by atoms with Crippen molar-refractivity contribution in [2.45, 2.75) is 18.9 Å². The van der Waals surface area contributed by atoms with Crippen LogP contribution in [0.1, 0.15) is 11.3 Å². The Labute approximate surface area is 127 Å². The smallest absolute Gasteiger partial charge is 0.220 e. The van der Waals surface area contributed by atoms with Gasteiger partial charge in [0, 0.05) is 23.2 Å². The third-order valence-electron chi connectivity index (χ3n) is 2.93. The van der Waals surface area contributed by atoms with Gasteiger partial charge in [-0.2, -0.15) is 0 Å². The SMILES string of the molecule is O=C(CCc1cc(Cl)cs1)NCC1CS(=O)(=O)CCO1. The molecule has 0 saturated carbocycles. The standard InChI is InChI=1S/C12H16ClNO4S2/c13-9-5-11(19-7-9)1-2-12(15)14-6-10-8-20(16,17)4-3-18-10/h5,7,10H,1-4,6,8H2,(H,14,15). The number of hydrogen-bond donors (Lipinski definition) is 1. The first-order valence-electron chi connectivity index (χ1n) is 6.26. The van der Waals surface area contributed by atoms with Crippen molar-refractivity contribution in [2.75, 3.05) is 24.7 Å². The van der Waals surface area contributed by atoms with Gasteiger partial charge in [0.05, 0.1) is 29.2 Å². The summed E-state index contributed by atoms with van der Waals surface area (Å²) in [4.78, 5) is 12.7. The summed E-state index contributed by atoms with van der Waals surface area (Å²) < 4.78 is 28.2. The largest absolute Gasteiger partial charge is 0.374 e. The molecule has 0 bridgehead atoms. The number of thiophene rings is 1. The first-order valence-corrected chi connectivity index (χ1v) is 9.34. The fraction of sp³-hybridized carbons (Fsp3) is 0.583. The Balaban J connectivity index is 1.70. The fourth-order valence-electron chi connectivity index (χ4n) is 1.91. The summed E-state index contributed by atoms with van der Waals surface area (Å²) in [6, 6.07) is 1.84. The van der Waals surface area contributed by atoms with Crippen LogP contribution in [0.25, 0.3) is 0 Å². The van der Waals surface area contributed by atoms with Crippen LogP contribution in [0.3, 0.4) is 0 Å². The highest BCUT2D eigenvalue weighted by Crippen LogP contribution is 2.20. The van der Waals surface area contributed by atoms with Crippen LogP contribution >= 0.6 is 22.9 Å². The summed E-state index contributed by atoms with van der Waals surface area (Å²) in [7, 11) is -3.02. The van der Waals surface area contributed by atoms with Gasteiger partial charge >= 0.3 is 0 Å². The van der Waals surface area contributed by atoms with Crippen LogP contribution in [0.5, 0.6) is 0 Å². The van der Waals surface area contributed by atoms with Crippen LogP contribution in [0.15, 0.2) is 11.4 Å². The van der Waals surface area contributed by atoms with Gasteiger partial charge in [-0.15, -0.1) is 11.3 Å². The van der Waals surface area contributed by atoms with E-state index in [0.717, 1.165) is 4.88 Å². The van der Waals surface area contributed by atoms with E-state index in [1.165, 1.54) is 11.3 Å². The lowest BCUT2D eigenvalue weighted by molar-refractivity contribution is -0.121. The molecule has 112 valence electrons. The van der Waals surface area contributed by atoms with E-state index in [9.17, 15) is 13.2 Å². The van der Waals surface area contributed by atoms with Gasteiger partial charge in [-0.25, -0.2) is 8.42 Å². The number of nitrogens with one attached hydrogen (secondary N) is 1. The Kier molecular flexibility index (Phi) is 5.42. The van der Waals surface area contributed by atoms with E-state index in [-0.39, 0.29) is 30.6 Å². The van der Waals surface area contributed by atoms with Crippen molar-refractivity contribution >= 4 is 38.7 Å². The predicted molar refractivity (Wildman–Crippen MR) is 79.1 cm³/mol. The Morgan fingerprint density at radius 1 is 1.55 bits per heavy atom. The zero-order chi connectivity index (χ0) is 14.6. The van der Waals surface area contributed by atoms with Gasteiger partial charge in [-0.05, 0) is 12.5 Å². The molecule has 2 heterocycles. The molecule has 1 saturated heterocycles. The number of carbonyl (C=O) groups excluding carboxylic acids is 1. The highest BCUT2D eigenvalue weighted by atomic mass is 35.5. The van der Waals surface area contributed by atoms with Crippen LogP contribution in [0.4, 0.5) is 0 Å². The Bertz CT molecular complexity index is 570. The zero-order valence-corrected chi connectivity index (χ0v) is 13.2. The lowest BCUT2D eigenvalue weighted by atomic mass is 10.2. The third-order valence-corrected chi connectivity index (χ3v) is 5.95. The normalized spacial score (nSPS) is 21.6. The van der Waals surface area contributed by atoms with E-state index in [1.54, 1.807) is 0 Å². The summed E-state index contributed by atoms with van der Waals surface area (Å²) in [5, 5.41) is 5.23. The molecule has 8 heteroatoms. The number of amides is 1. The summed E-state index contributed by atoms with van der Waals surface area (Å²) in [6.07, 6.45) is 0.553. The maximum atomic E-state index is 11.7. The Hall–Kier alpha value is -0.630. The molecule has 5 nitrogen and oxygen atoms in total. The van der Waals surface area contributed by atoms with Crippen molar-refractivity contribution in [3.8, 4) is 0 Å². The Morgan fingerprint density at radius 2 is 2.35 bits per heavy atom. The van der Waals surface area contributed by atoms with Crippen molar-refractivity contribution in [3.63, 3.8) is 0 Å². The highest BCUT2D eigenvalue weighted by molar-refractivity contribution is 7.91. The first-order chi connectivity index (χ1) is 9.44. The highest BCUT2D eigenvalue weighted by Gasteiger charge is 2.25. The molecular formula is C12H16ClNO4S2. The molecule has 1 atom stereocenters. The van der Waals surface area contributed by atoms with Crippen molar-refractivity contribution in [3.05, 3.63) is 21.3 Å². The molecule has 2 rings (SSSR count). The first kappa shape index (κ1) is 15.8. The maximum Gasteiger partial charge on any atom is 0.220 e. The van der Waals surface area contributed by atoms with Crippen LogP contribution < -0.4 is 5.32 Å². The van der Waals surface area contributed by atoms with Gasteiger partial charge in [-0.3, -0.25) is 4.79 Å². The van der Waals surface area contributed by atoms with Gasteiger partial charge in [-0.1, -0.05) is 11.6 Å². The number of rotatable bonds is 5. The molecule has 1 amide bonds. The third kappa shape index (κ3) is 5.05. The topological polar surface area (TPSA) is 72.5 Å². The van der Waals surface area contributed by atoms with E-state index in [4.69, 9.17) is 16.3 Å². The summed E-state index contributed by atoms with van der Waals surface area (Å²) >= 11 is 7.32. The second-order valence-corrected chi connectivity index (χ2v) is 8.30. The second-order valence-electron chi connectivity index (χ2n) is 4.64. The molecule has 0 radical (unpaired) electrons. The second kappa shape index (κ2) is 6.89. The van der Waals surface area contributed by atoms with Crippen LogP contribution in [0, 0.1) is 0 Å². The molecule has 1 aromatic rings. The Morgan fingerprint density at radius 3 is 3.00 bits per heavy atom. The number of hydrogen-bond acceptors (Lipinski definition) is 5. The monoisotopic (exact) mass is 337 g/mol. The van der Waals surface area contributed by atoms with Crippen molar-refractivity contribution in [1.29, 1.82) is 0 Å². The number of carbonyl (C=O) groups is 1. The molecular weight excluding hydrogens is 322 g/mol. The lowest BCUT2D eigenvalue weighted by Gasteiger charge is -2.22. The molecule has 1 aromatic heterocycles. The fourth-order valence-corrected chi connectivity index (χ4v) is 4.29. The van der Waals surface area contributed by atoms with E-state index in [1.807, 2.05) is 11.4 Å². The molecule has 20 heavy (non-hydrogen) atoms. The molecule has 1 N–H and O–H groups in total. The van der Waals surface area contributed by atoms with E-state index in [2.05, 4.69) is 5.32 Å². The van der Waals surface area contributed by atoms with Gasteiger partial charge < -0.3 is 10.1 Å². The van der Waals surface area contributed by atoms with Gasteiger partial charge in [0.25, 0.3) is 0 Å². The average molecular weight is 338 g/mol. The lowest BCUT2D eigenvalue weighted by Crippen LogP contribution is -2.42. The van der Waals surface area contributed by atoms with Gasteiger partial charge in [0.2, 0.25) is 5.91 Å². The molecule has 1 fully saturated rings.